The number of aryl methyl sites for hydroxylation is 1. The highest BCUT2D eigenvalue weighted by molar-refractivity contribution is 7.86. The lowest BCUT2D eigenvalue weighted by Crippen LogP contribution is -2.38. The molecule has 0 amide bonds. The predicted octanol–water partition coefficient (Wildman–Crippen LogP) is 2.69. The molecule has 0 saturated carbocycles. The number of alkyl halides is 5. The average Bonchev–Trinajstić information content (AvgIpc) is 2.19. The normalized spacial score (nSPS) is 13.6. The minimum Gasteiger partial charge on any atom is -0.508 e. The Morgan fingerprint density at radius 2 is 1.65 bits per heavy atom. The minimum absolute atomic E-state index is 0.265. The number of hydrogen-bond acceptors (Lipinski definition) is 3. The summed E-state index contributed by atoms with van der Waals surface area (Å²) in [6, 6.07) is 1.74. The molecule has 0 radical (unpaired) electrons. The van der Waals surface area contributed by atoms with E-state index in [1.54, 1.807) is 0 Å². The largest absolute Gasteiger partial charge is 0.508 e. The van der Waals surface area contributed by atoms with Crippen LogP contribution in [0.2, 0.25) is 0 Å². The Balaban J connectivity index is 3.51. The van der Waals surface area contributed by atoms with Crippen LogP contribution in [0.1, 0.15) is 11.1 Å². The third kappa shape index (κ3) is 3.18. The van der Waals surface area contributed by atoms with Crippen LogP contribution in [0.4, 0.5) is 22.0 Å². The van der Waals surface area contributed by atoms with Gasteiger partial charge in [0.05, 0.1) is 6.42 Å². The molecule has 0 bridgehead atoms. The van der Waals surface area contributed by atoms with E-state index in [0.717, 1.165) is 19.1 Å². The van der Waals surface area contributed by atoms with Gasteiger partial charge in [0.25, 0.3) is 10.1 Å². The van der Waals surface area contributed by atoms with Gasteiger partial charge in [-0.25, -0.2) is 0 Å². The van der Waals surface area contributed by atoms with Gasteiger partial charge in [-0.3, -0.25) is 4.55 Å². The quantitative estimate of drug-likeness (QED) is 0.663. The van der Waals surface area contributed by atoms with Crippen molar-refractivity contribution in [1.29, 1.82) is 0 Å². The van der Waals surface area contributed by atoms with Gasteiger partial charge in [0.1, 0.15) is 10.6 Å². The number of benzene rings is 1. The van der Waals surface area contributed by atoms with Crippen LogP contribution in [0.3, 0.4) is 0 Å². The second-order valence-electron chi connectivity index (χ2n) is 4.06. The molecule has 0 saturated heterocycles. The fourth-order valence-corrected chi connectivity index (χ4v) is 2.55. The van der Waals surface area contributed by atoms with E-state index in [1.165, 1.54) is 0 Å². The van der Waals surface area contributed by atoms with Crippen molar-refractivity contribution >= 4 is 10.1 Å². The Labute approximate surface area is 110 Å². The summed E-state index contributed by atoms with van der Waals surface area (Å²) < 4.78 is 93.4. The number of rotatable bonds is 3. The first-order chi connectivity index (χ1) is 8.77. The van der Waals surface area contributed by atoms with E-state index in [1.807, 2.05) is 0 Å². The molecule has 0 spiro atoms. The lowest BCUT2D eigenvalue weighted by Gasteiger charge is -2.21. The van der Waals surface area contributed by atoms with E-state index in [9.17, 15) is 35.5 Å². The summed E-state index contributed by atoms with van der Waals surface area (Å²) in [7, 11) is -5.07. The van der Waals surface area contributed by atoms with Crippen molar-refractivity contribution in [1.82, 2.24) is 0 Å². The molecule has 114 valence electrons. The molecule has 10 heteroatoms. The zero-order valence-electron chi connectivity index (χ0n) is 9.87. The summed E-state index contributed by atoms with van der Waals surface area (Å²) in [5, 5.41) is 9.33. The van der Waals surface area contributed by atoms with Crippen LogP contribution < -0.4 is 0 Å². The van der Waals surface area contributed by atoms with Gasteiger partial charge >= 0.3 is 12.1 Å². The van der Waals surface area contributed by atoms with Gasteiger partial charge in [-0.1, -0.05) is 6.07 Å². The van der Waals surface area contributed by atoms with Gasteiger partial charge in [0.15, 0.2) is 0 Å². The van der Waals surface area contributed by atoms with Gasteiger partial charge in [0.2, 0.25) is 0 Å². The van der Waals surface area contributed by atoms with Crippen LogP contribution in [0.25, 0.3) is 0 Å². The van der Waals surface area contributed by atoms with Crippen LogP contribution in [0.5, 0.6) is 5.75 Å². The summed E-state index contributed by atoms with van der Waals surface area (Å²) in [6.07, 6.45) is -8.02. The van der Waals surface area contributed by atoms with Crippen LogP contribution in [0.15, 0.2) is 17.0 Å². The molecule has 20 heavy (non-hydrogen) atoms. The average molecular weight is 320 g/mol. The lowest BCUT2D eigenvalue weighted by atomic mass is 10.0. The molecule has 0 heterocycles. The van der Waals surface area contributed by atoms with Crippen molar-refractivity contribution in [3.05, 3.63) is 23.3 Å². The second-order valence-corrected chi connectivity index (χ2v) is 5.42. The molecule has 2 N–H and O–H groups in total. The summed E-state index contributed by atoms with van der Waals surface area (Å²) in [5.74, 6) is -6.33. The van der Waals surface area contributed by atoms with Gasteiger partial charge < -0.3 is 5.11 Å². The molecule has 0 aliphatic carbocycles. The van der Waals surface area contributed by atoms with E-state index in [2.05, 4.69) is 0 Å². The Hall–Kier alpha value is -1.42. The molecule has 0 aliphatic rings. The minimum atomic E-state index is -5.92. The number of aromatic hydroxyl groups is 1. The predicted molar refractivity (Wildman–Crippen MR) is 57.4 cm³/mol. The summed E-state index contributed by atoms with van der Waals surface area (Å²) in [6.45, 7) is 1.08. The van der Waals surface area contributed by atoms with E-state index < -0.39 is 44.8 Å². The molecular formula is C10H9F5O4S. The molecule has 0 aromatic heterocycles. The topological polar surface area (TPSA) is 74.6 Å². The zero-order valence-corrected chi connectivity index (χ0v) is 10.7. The van der Waals surface area contributed by atoms with Crippen LogP contribution in [-0.2, 0) is 16.5 Å². The van der Waals surface area contributed by atoms with Crippen molar-refractivity contribution in [3.8, 4) is 5.75 Å². The number of hydrogen-bond donors (Lipinski definition) is 2. The number of phenolic OH excluding ortho intramolecular Hbond substituents is 1. The molecule has 1 aromatic carbocycles. The van der Waals surface area contributed by atoms with Crippen LogP contribution in [0, 0.1) is 6.92 Å². The first kappa shape index (κ1) is 16.6. The van der Waals surface area contributed by atoms with Crippen LogP contribution >= 0.6 is 0 Å². The first-order valence-corrected chi connectivity index (χ1v) is 6.45. The molecular weight excluding hydrogens is 311 g/mol. The van der Waals surface area contributed by atoms with Gasteiger partial charge in [-0.15, -0.1) is 0 Å². The third-order valence-corrected chi connectivity index (χ3v) is 3.59. The number of phenols is 1. The Bertz CT molecular complexity index is 621. The van der Waals surface area contributed by atoms with Gasteiger partial charge in [-0.05, 0) is 18.6 Å². The monoisotopic (exact) mass is 320 g/mol. The number of halogens is 5. The highest BCUT2D eigenvalue weighted by Crippen LogP contribution is 2.41. The van der Waals surface area contributed by atoms with Crippen molar-refractivity contribution in [2.75, 3.05) is 0 Å². The van der Waals surface area contributed by atoms with Crippen molar-refractivity contribution in [2.45, 2.75) is 30.3 Å². The molecule has 0 fully saturated rings. The fourth-order valence-electron chi connectivity index (χ4n) is 1.59. The maximum atomic E-state index is 13.0. The molecule has 1 aromatic rings. The lowest BCUT2D eigenvalue weighted by molar-refractivity contribution is -0.281. The van der Waals surface area contributed by atoms with Gasteiger partial charge in [-0.2, -0.15) is 30.4 Å². The second kappa shape index (κ2) is 4.85. The smallest absolute Gasteiger partial charge is 0.453 e. The maximum absolute atomic E-state index is 13.0. The molecule has 0 aliphatic heterocycles. The maximum Gasteiger partial charge on any atom is 0.453 e. The highest BCUT2D eigenvalue weighted by atomic mass is 32.2. The van der Waals surface area contributed by atoms with Crippen molar-refractivity contribution < 1.29 is 40.0 Å². The molecule has 0 atom stereocenters. The Morgan fingerprint density at radius 3 is 2.05 bits per heavy atom. The van der Waals surface area contributed by atoms with E-state index in [0.29, 0.717) is 0 Å². The third-order valence-electron chi connectivity index (χ3n) is 2.50. The summed E-state index contributed by atoms with van der Waals surface area (Å²) in [4.78, 5) is -1.15. The van der Waals surface area contributed by atoms with Crippen molar-refractivity contribution in [2.24, 2.45) is 0 Å². The zero-order chi connectivity index (χ0) is 15.9. The van der Waals surface area contributed by atoms with E-state index >= 15 is 0 Å². The van der Waals surface area contributed by atoms with E-state index in [-0.39, 0.29) is 5.56 Å². The Morgan fingerprint density at radius 1 is 1.15 bits per heavy atom. The summed E-state index contributed by atoms with van der Waals surface area (Å²) >= 11 is 0. The Kier molecular flexibility index (Phi) is 4.03. The highest BCUT2D eigenvalue weighted by Gasteiger charge is 2.57. The first-order valence-electron chi connectivity index (χ1n) is 5.01. The fraction of sp³-hybridized carbons (Fsp3) is 0.400. The van der Waals surface area contributed by atoms with Gasteiger partial charge in [0, 0.05) is 5.56 Å². The van der Waals surface area contributed by atoms with Crippen LogP contribution in [-0.4, -0.2) is 30.2 Å². The molecule has 0 unspecified atom stereocenters. The summed E-state index contributed by atoms with van der Waals surface area (Å²) in [5.41, 5.74) is -1.45. The molecule has 4 nitrogen and oxygen atoms in total. The van der Waals surface area contributed by atoms with E-state index in [4.69, 9.17) is 4.55 Å². The SMILES string of the molecule is Cc1ccc(O)c(CC(F)(F)C(F)(F)F)c1S(=O)(=O)O. The molecule has 1 rings (SSSR count). The van der Waals surface area contributed by atoms with Crippen molar-refractivity contribution in [3.63, 3.8) is 0 Å². The standard InChI is InChI=1S/C10H9F5O4S/c1-5-2-3-7(16)6(8(5)20(17,18)19)4-9(11,12)10(13,14)15/h2-3,16H,4H2,1H3,(H,17,18,19).